The number of hydrogen-bond donors (Lipinski definition) is 1. The second-order valence-electron chi connectivity index (χ2n) is 4.74. The lowest BCUT2D eigenvalue weighted by Gasteiger charge is -2.43. The van der Waals surface area contributed by atoms with E-state index in [2.05, 4.69) is 0 Å². The van der Waals surface area contributed by atoms with E-state index in [0.717, 1.165) is 0 Å². The van der Waals surface area contributed by atoms with Crippen LogP contribution in [0, 0.1) is 5.82 Å². The van der Waals surface area contributed by atoms with Crippen molar-refractivity contribution in [1.29, 1.82) is 0 Å². The Labute approximate surface area is 124 Å². The minimum absolute atomic E-state index is 0.0262. The van der Waals surface area contributed by atoms with E-state index in [1.165, 1.54) is 41.1 Å². The van der Waals surface area contributed by atoms with Gasteiger partial charge in [-0.25, -0.2) is 9.18 Å². The summed E-state index contributed by atoms with van der Waals surface area (Å²) in [6, 6.07) is 5.69. The largest absolute Gasteiger partial charge is 0.492 e. The van der Waals surface area contributed by atoms with Gasteiger partial charge < -0.3 is 14.7 Å². The van der Waals surface area contributed by atoms with Crippen LogP contribution in [0.15, 0.2) is 36.0 Å². The predicted octanol–water partition coefficient (Wildman–Crippen LogP) is 1.85. The van der Waals surface area contributed by atoms with Gasteiger partial charge in [-0.05, 0) is 12.1 Å². The molecule has 21 heavy (non-hydrogen) atoms. The normalized spacial score (nSPS) is 24.0. The molecular weight excluding hydrogens is 297 g/mol. The summed E-state index contributed by atoms with van der Waals surface area (Å²) >= 11 is 1.38. The lowest BCUT2D eigenvalue weighted by molar-refractivity contribution is -0.138. The number of β-lactam (4-membered cyclic amide) rings is 1. The molecule has 0 spiro atoms. The first kappa shape index (κ1) is 13.9. The summed E-state index contributed by atoms with van der Waals surface area (Å²) in [5.74, 6) is -1.20. The van der Waals surface area contributed by atoms with Crippen molar-refractivity contribution in [1.82, 2.24) is 4.90 Å². The lowest BCUT2D eigenvalue weighted by Crippen LogP contribution is -2.51. The highest BCUT2D eigenvalue weighted by Crippen LogP contribution is 2.40. The van der Waals surface area contributed by atoms with Gasteiger partial charge in [-0.15, -0.1) is 11.8 Å². The van der Waals surface area contributed by atoms with E-state index in [1.807, 2.05) is 0 Å². The minimum Gasteiger partial charge on any atom is -0.492 e. The van der Waals surface area contributed by atoms with Crippen LogP contribution in [0.5, 0.6) is 5.75 Å². The number of fused-ring (bicyclic) bond motifs is 1. The molecule has 2 aliphatic heterocycles. The number of carbonyl (C=O) groups is 2. The molecule has 0 radical (unpaired) electrons. The maximum absolute atomic E-state index is 13.1. The molecule has 0 aliphatic carbocycles. The van der Waals surface area contributed by atoms with Crippen LogP contribution in [0.4, 0.5) is 4.39 Å². The first-order valence-electron chi connectivity index (χ1n) is 6.34. The first-order chi connectivity index (χ1) is 10.0. The predicted molar refractivity (Wildman–Crippen MR) is 74.2 cm³/mol. The number of carbonyl (C=O) groups excluding carboxylic acids is 1. The molecule has 1 saturated heterocycles. The van der Waals surface area contributed by atoms with Gasteiger partial charge in [-0.3, -0.25) is 4.79 Å². The van der Waals surface area contributed by atoms with Crippen molar-refractivity contribution in [3.63, 3.8) is 0 Å². The minimum atomic E-state index is -1.08. The smallest absolute Gasteiger partial charge is 0.334 e. The van der Waals surface area contributed by atoms with Crippen molar-refractivity contribution in [3.8, 4) is 5.75 Å². The summed E-state index contributed by atoms with van der Waals surface area (Å²) in [7, 11) is 0. The number of aliphatic carboxylic acids is 1. The molecule has 1 amide bonds. The van der Waals surface area contributed by atoms with Crippen LogP contribution in [0.2, 0.25) is 0 Å². The van der Waals surface area contributed by atoms with Crippen molar-refractivity contribution in [2.24, 2.45) is 0 Å². The fraction of sp³-hybridized carbons (Fsp3) is 0.286. The van der Waals surface area contributed by atoms with Gasteiger partial charge in [0, 0.05) is 12.3 Å². The van der Waals surface area contributed by atoms with E-state index >= 15 is 0 Å². The molecule has 1 N–H and O–H groups in total. The van der Waals surface area contributed by atoms with Gasteiger partial charge in [0.25, 0.3) is 0 Å². The maximum atomic E-state index is 13.1. The number of hydrogen-bond acceptors (Lipinski definition) is 4. The molecule has 2 heterocycles. The molecule has 7 heteroatoms. The Bertz CT molecular complexity index is 633. The van der Waals surface area contributed by atoms with Crippen molar-refractivity contribution >= 4 is 23.6 Å². The Morgan fingerprint density at radius 1 is 1.52 bits per heavy atom. The van der Waals surface area contributed by atoms with Gasteiger partial charge in [-0.1, -0.05) is 6.07 Å². The van der Waals surface area contributed by atoms with Gasteiger partial charge in [0.2, 0.25) is 5.91 Å². The number of amides is 1. The number of carboxylic acids is 1. The fourth-order valence-corrected chi connectivity index (χ4v) is 3.60. The SMILES string of the molecule is O=C(O)C1=CN2C(=O)C[C@H]2SC1COc1cccc(F)c1. The zero-order chi connectivity index (χ0) is 15.0. The molecule has 1 fully saturated rings. The third-order valence-corrected chi connectivity index (χ3v) is 4.76. The Morgan fingerprint density at radius 3 is 3.00 bits per heavy atom. The second kappa shape index (κ2) is 5.40. The van der Waals surface area contributed by atoms with Gasteiger partial charge in [0.1, 0.15) is 18.2 Å². The first-order valence-corrected chi connectivity index (χ1v) is 7.29. The highest BCUT2D eigenvalue weighted by molar-refractivity contribution is 8.00. The van der Waals surface area contributed by atoms with E-state index < -0.39 is 11.8 Å². The van der Waals surface area contributed by atoms with Crippen molar-refractivity contribution in [2.75, 3.05) is 6.61 Å². The van der Waals surface area contributed by atoms with Crippen molar-refractivity contribution < 1.29 is 23.8 Å². The highest BCUT2D eigenvalue weighted by atomic mass is 32.2. The topological polar surface area (TPSA) is 66.8 Å². The van der Waals surface area contributed by atoms with Gasteiger partial charge in [-0.2, -0.15) is 0 Å². The van der Waals surface area contributed by atoms with Crippen molar-refractivity contribution in [3.05, 3.63) is 41.9 Å². The van der Waals surface area contributed by atoms with Crippen LogP contribution in [0.25, 0.3) is 0 Å². The Balaban J connectivity index is 1.72. The zero-order valence-corrected chi connectivity index (χ0v) is 11.7. The molecule has 2 aliphatic rings. The lowest BCUT2D eigenvalue weighted by atomic mass is 10.1. The quantitative estimate of drug-likeness (QED) is 0.860. The second-order valence-corrected chi connectivity index (χ2v) is 6.13. The summed E-state index contributed by atoms with van der Waals surface area (Å²) in [4.78, 5) is 24.1. The third kappa shape index (κ3) is 2.73. The molecule has 2 atom stereocenters. The molecule has 3 rings (SSSR count). The van der Waals surface area contributed by atoms with Crippen LogP contribution in [0.3, 0.4) is 0 Å². The van der Waals surface area contributed by atoms with E-state index in [9.17, 15) is 19.1 Å². The average Bonchev–Trinajstić information content (AvgIpc) is 2.43. The zero-order valence-electron chi connectivity index (χ0n) is 10.9. The average molecular weight is 309 g/mol. The highest BCUT2D eigenvalue weighted by Gasteiger charge is 2.43. The molecule has 0 saturated carbocycles. The van der Waals surface area contributed by atoms with E-state index in [4.69, 9.17) is 4.74 Å². The Hall–Kier alpha value is -2.02. The van der Waals surface area contributed by atoms with E-state index in [-0.39, 0.29) is 28.7 Å². The van der Waals surface area contributed by atoms with Crippen molar-refractivity contribution in [2.45, 2.75) is 17.0 Å². The van der Waals surface area contributed by atoms with Gasteiger partial charge in [0.15, 0.2) is 0 Å². The molecule has 0 aromatic heterocycles. The summed E-state index contributed by atoms with van der Waals surface area (Å²) in [6.07, 6.45) is 1.79. The molecular formula is C14H12FNO4S. The summed E-state index contributed by atoms with van der Waals surface area (Å²) in [5, 5.41) is 8.81. The number of halogens is 1. The molecule has 110 valence electrons. The molecule has 1 aromatic carbocycles. The monoisotopic (exact) mass is 309 g/mol. The van der Waals surface area contributed by atoms with Crippen LogP contribution in [-0.2, 0) is 9.59 Å². The number of ether oxygens (including phenoxy) is 1. The van der Waals surface area contributed by atoms with Crippen LogP contribution in [0.1, 0.15) is 6.42 Å². The number of carboxylic acid groups (broad SMARTS) is 1. The maximum Gasteiger partial charge on any atom is 0.334 e. The standard InChI is InChI=1S/C14H12FNO4S/c15-8-2-1-3-9(4-8)20-7-11-10(14(18)19)6-16-12(17)5-13(16)21-11/h1-4,6,11,13H,5,7H2,(H,18,19)/t11?,13-/m1/s1. The Morgan fingerprint density at radius 2 is 2.33 bits per heavy atom. The number of thioether (sulfide) groups is 1. The van der Waals surface area contributed by atoms with E-state index in [0.29, 0.717) is 12.2 Å². The number of benzene rings is 1. The Kier molecular flexibility index (Phi) is 3.59. The summed E-state index contributed by atoms with van der Waals surface area (Å²) in [5.41, 5.74) is 0.126. The molecule has 1 aromatic rings. The van der Waals surface area contributed by atoms with Crippen LogP contribution >= 0.6 is 11.8 Å². The van der Waals surface area contributed by atoms with Crippen LogP contribution < -0.4 is 4.74 Å². The summed E-state index contributed by atoms with van der Waals surface area (Å²) in [6.45, 7) is 0.116. The third-order valence-electron chi connectivity index (χ3n) is 3.34. The molecule has 0 bridgehead atoms. The summed E-state index contributed by atoms with van der Waals surface area (Å²) < 4.78 is 18.5. The van der Waals surface area contributed by atoms with E-state index in [1.54, 1.807) is 6.07 Å². The van der Waals surface area contributed by atoms with Crippen LogP contribution in [-0.4, -0.2) is 39.1 Å². The number of rotatable bonds is 4. The fourth-order valence-electron chi connectivity index (χ4n) is 2.22. The molecule has 5 nitrogen and oxygen atoms in total. The van der Waals surface area contributed by atoms with Gasteiger partial charge >= 0.3 is 5.97 Å². The number of nitrogens with zero attached hydrogens (tertiary/aromatic N) is 1. The van der Waals surface area contributed by atoms with Gasteiger partial charge in [0.05, 0.1) is 22.6 Å². The molecule has 1 unspecified atom stereocenters.